The van der Waals surface area contributed by atoms with Gasteiger partial charge in [0.25, 0.3) is 5.91 Å². The summed E-state index contributed by atoms with van der Waals surface area (Å²) in [5.74, 6) is -1.53. The lowest BCUT2D eigenvalue weighted by Crippen LogP contribution is -2.49. The first-order valence-corrected chi connectivity index (χ1v) is 13.5. The number of halogens is 4. The number of ether oxygens (including phenoxy) is 2. The Kier molecular flexibility index (Phi) is 9.60. The van der Waals surface area contributed by atoms with Gasteiger partial charge in [-0.15, -0.1) is 0 Å². The van der Waals surface area contributed by atoms with Crippen LogP contribution in [0.3, 0.4) is 0 Å². The maximum Gasteiger partial charge on any atom is 0.417 e. The van der Waals surface area contributed by atoms with Gasteiger partial charge < -0.3 is 19.3 Å². The Morgan fingerprint density at radius 3 is 2.34 bits per heavy atom. The first-order chi connectivity index (χ1) is 17.9. The number of methoxy groups -OCH3 is 1. The zero-order valence-corrected chi connectivity index (χ0v) is 22.2. The second-order valence-corrected chi connectivity index (χ2v) is 10.8. The number of carbonyl (C=O) groups is 1. The molecule has 0 saturated carbocycles. The van der Waals surface area contributed by atoms with E-state index in [4.69, 9.17) is 9.47 Å². The van der Waals surface area contributed by atoms with Gasteiger partial charge in [0, 0.05) is 46.9 Å². The van der Waals surface area contributed by atoms with Gasteiger partial charge in [0.2, 0.25) is 10.0 Å². The number of anilines is 1. The first kappa shape index (κ1) is 29.7. The summed E-state index contributed by atoms with van der Waals surface area (Å²) in [5, 5.41) is 0. The number of piperazine rings is 1. The van der Waals surface area contributed by atoms with E-state index in [1.54, 1.807) is 6.07 Å². The molecular weight excluding hydrogens is 530 g/mol. The van der Waals surface area contributed by atoms with Gasteiger partial charge in [0.05, 0.1) is 28.3 Å². The molecule has 2 aromatic carbocycles. The van der Waals surface area contributed by atoms with Gasteiger partial charge in [-0.05, 0) is 42.8 Å². The summed E-state index contributed by atoms with van der Waals surface area (Å²) in [6.45, 7) is 3.29. The third kappa shape index (κ3) is 6.75. The molecule has 1 amide bonds. The fraction of sp³-hybridized carbons (Fsp3) is 0.480. The fourth-order valence-corrected chi connectivity index (χ4v) is 5.42. The monoisotopic (exact) mass is 561 g/mol. The number of carbonyl (C=O) groups excluding carboxylic acids is 1. The van der Waals surface area contributed by atoms with Gasteiger partial charge in [-0.2, -0.15) is 13.2 Å². The minimum Gasteiger partial charge on any atom is -0.489 e. The van der Waals surface area contributed by atoms with Crippen LogP contribution in [0.2, 0.25) is 0 Å². The minimum atomic E-state index is -4.89. The molecule has 0 bridgehead atoms. The van der Waals surface area contributed by atoms with E-state index in [1.807, 2.05) is 11.8 Å². The maximum atomic E-state index is 13.5. The highest BCUT2D eigenvalue weighted by Crippen LogP contribution is 2.35. The molecule has 0 atom stereocenters. The van der Waals surface area contributed by atoms with E-state index in [0.29, 0.717) is 37.1 Å². The fourth-order valence-electron chi connectivity index (χ4n) is 4.14. The summed E-state index contributed by atoms with van der Waals surface area (Å²) >= 11 is 0. The summed E-state index contributed by atoms with van der Waals surface area (Å²) in [6, 6.07) is 6.50. The van der Waals surface area contributed by atoms with Crippen LogP contribution < -0.4 is 9.64 Å². The Bertz CT molecular complexity index is 1230. The van der Waals surface area contributed by atoms with Gasteiger partial charge in [0.1, 0.15) is 18.2 Å². The van der Waals surface area contributed by atoms with Crippen LogP contribution in [0, 0.1) is 5.82 Å². The molecule has 1 saturated heterocycles. The van der Waals surface area contributed by atoms with Crippen molar-refractivity contribution >= 4 is 21.6 Å². The number of benzene rings is 2. The molecule has 13 heteroatoms. The van der Waals surface area contributed by atoms with E-state index in [-0.39, 0.29) is 37.7 Å². The summed E-state index contributed by atoms with van der Waals surface area (Å²) in [6.07, 6.45) is -4.25. The Morgan fingerprint density at radius 2 is 1.74 bits per heavy atom. The van der Waals surface area contributed by atoms with Crippen molar-refractivity contribution in [3.05, 3.63) is 53.3 Å². The van der Waals surface area contributed by atoms with Crippen molar-refractivity contribution < 1.29 is 40.2 Å². The molecule has 0 N–H and O–H groups in total. The normalized spacial score (nSPS) is 14.7. The van der Waals surface area contributed by atoms with Crippen molar-refractivity contribution in [1.82, 2.24) is 9.21 Å². The quantitative estimate of drug-likeness (QED) is 0.324. The van der Waals surface area contributed by atoms with Crippen LogP contribution in [0.25, 0.3) is 0 Å². The Hall–Kier alpha value is -2.90. The van der Waals surface area contributed by atoms with Crippen LogP contribution >= 0.6 is 0 Å². The van der Waals surface area contributed by atoms with E-state index >= 15 is 0 Å². The molecule has 1 heterocycles. The summed E-state index contributed by atoms with van der Waals surface area (Å²) in [5.41, 5.74) is -1.47. The molecule has 38 heavy (non-hydrogen) atoms. The number of hydrogen-bond acceptors (Lipinski definition) is 6. The molecule has 1 fully saturated rings. The molecule has 1 aliphatic rings. The van der Waals surface area contributed by atoms with Crippen molar-refractivity contribution in [3.8, 4) is 5.75 Å². The zero-order valence-electron chi connectivity index (χ0n) is 21.4. The molecule has 210 valence electrons. The number of rotatable bonds is 10. The minimum absolute atomic E-state index is 0.0672. The van der Waals surface area contributed by atoms with Gasteiger partial charge in [-0.25, -0.2) is 17.1 Å². The van der Waals surface area contributed by atoms with Gasteiger partial charge >= 0.3 is 6.18 Å². The second kappa shape index (κ2) is 12.3. The smallest absolute Gasteiger partial charge is 0.417 e. The molecule has 0 aromatic heterocycles. The molecule has 2 aromatic rings. The predicted molar refractivity (Wildman–Crippen MR) is 133 cm³/mol. The average molecular weight is 562 g/mol. The molecule has 1 aliphatic heterocycles. The Labute approximate surface area is 219 Å². The lowest BCUT2D eigenvalue weighted by molar-refractivity contribution is -0.138. The molecule has 0 aliphatic carbocycles. The van der Waals surface area contributed by atoms with E-state index in [1.165, 1.54) is 35.5 Å². The second-order valence-electron chi connectivity index (χ2n) is 8.76. The molecular formula is C25H31F4N3O5S. The third-order valence-electron chi connectivity index (χ3n) is 6.15. The molecule has 0 radical (unpaired) electrons. The summed E-state index contributed by atoms with van der Waals surface area (Å²) < 4.78 is 91.9. The van der Waals surface area contributed by atoms with E-state index < -0.39 is 39.1 Å². The largest absolute Gasteiger partial charge is 0.489 e. The van der Waals surface area contributed by atoms with Crippen molar-refractivity contribution in [2.75, 3.05) is 65.0 Å². The molecule has 8 nitrogen and oxygen atoms in total. The van der Waals surface area contributed by atoms with Crippen LogP contribution in [-0.2, 0) is 20.9 Å². The number of hydrogen-bond donors (Lipinski definition) is 0. The van der Waals surface area contributed by atoms with Gasteiger partial charge in [-0.3, -0.25) is 4.79 Å². The van der Waals surface area contributed by atoms with E-state index in [2.05, 4.69) is 0 Å². The highest BCUT2D eigenvalue weighted by molar-refractivity contribution is 7.89. The van der Waals surface area contributed by atoms with Crippen LogP contribution in [0.15, 0.2) is 41.3 Å². The highest BCUT2D eigenvalue weighted by atomic mass is 32.2. The average Bonchev–Trinajstić information content (AvgIpc) is 2.88. The number of alkyl halides is 3. The van der Waals surface area contributed by atoms with Crippen LogP contribution in [-0.4, -0.2) is 83.6 Å². The molecule has 0 unspecified atom stereocenters. The summed E-state index contributed by atoms with van der Waals surface area (Å²) in [4.78, 5) is 16.1. The number of amides is 1. The Balaban J connectivity index is 1.85. The van der Waals surface area contributed by atoms with Crippen LogP contribution in [0.1, 0.15) is 29.3 Å². The van der Waals surface area contributed by atoms with Crippen LogP contribution in [0.4, 0.5) is 23.2 Å². The third-order valence-corrected chi connectivity index (χ3v) is 8.00. The maximum absolute atomic E-state index is 13.5. The highest BCUT2D eigenvalue weighted by Gasteiger charge is 2.37. The molecule has 0 spiro atoms. The predicted octanol–water partition coefficient (Wildman–Crippen LogP) is 3.86. The van der Waals surface area contributed by atoms with Crippen molar-refractivity contribution in [3.63, 3.8) is 0 Å². The van der Waals surface area contributed by atoms with Gasteiger partial charge in [-0.1, -0.05) is 6.92 Å². The first-order valence-electron chi connectivity index (χ1n) is 12.0. The van der Waals surface area contributed by atoms with Crippen molar-refractivity contribution in [2.45, 2.75) is 24.4 Å². The lowest BCUT2D eigenvalue weighted by atomic mass is 10.0. The SMILES string of the molecule is CCCN(C)S(=O)(=O)c1ccc(OCCOC)c(N2CCN(C(=O)c3ccc(F)cc3C(F)(F)F)CC2)c1. The molecule has 3 rings (SSSR count). The van der Waals surface area contributed by atoms with E-state index in [9.17, 15) is 30.8 Å². The van der Waals surface area contributed by atoms with Gasteiger partial charge in [0.15, 0.2) is 0 Å². The Morgan fingerprint density at radius 1 is 1.05 bits per heavy atom. The topological polar surface area (TPSA) is 79.4 Å². The van der Waals surface area contributed by atoms with Crippen molar-refractivity contribution in [1.29, 1.82) is 0 Å². The number of nitrogens with zero attached hydrogens (tertiary/aromatic N) is 3. The van der Waals surface area contributed by atoms with E-state index in [0.717, 1.165) is 12.1 Å². The summed E-state index contributed by atoms with van der Waals surface area (Å²) in [7, 11) is -0.747. The number of sulfonamides is 1. The zero-order chi connectivity index (χ0) is 28.1. The van der Waals surface area contributed by atoms with Crippen LogP contribution in [0.5, 0.6) is 5.75 Å². The lowest BCUT2D eigenvalue weighted by Gasteiger charge is -2.37. The van der Waals surface area contributed by atoms with Crippen molar-refractivity contribution in [2.24, 2.45) is 0 Å². The standard InChI is InChI=1S/C25H31F4N3O5S/c1-4-9-30(2)38(34,35)19-6-8-23(37-15-14-36-3)22(17-19)31-10-12-32(13-11-31)24(33)20-7-5-18(26)16-21(20)25(27,28)29/h5-8,16-17H,4,9-15H2,1-3H3.